The molecule has 2 rings (SSSR count). The van der Waals surface area contributed by atoms with Crippen LogP contribution in [0.3, 0.4) is 0 Å². The molecule has 0 unspecified atom stereocenters. The molecule has 0 bridgehead atoms. The van der Waals surface area contributed by atoms with Gasteiger partial charge in [-0.25, -0.2) is 0 Å². The van der Waals surface area contributed by atoms with Gasteiger partial charge in [0.15, 0.2) is 0 Å². The van der Waals surface area contributed by atoms with Crippen LogP contribution in [0.15, 0.2) is 40.6 Å². The fourth-order valence-electron chi connectivity index (χ4n) is 3.34. The maximum Gasteiger partial charge on any atom is 0.231 e. The van der Waals surface area contributed by atoms with Gasteiger partial charge in [0.1, 0.15) is 0 Å². The average Bonchev–Trinajstić information content (AvgIpc) is 3.04. The van der Waals surface area contributed by atoms with E-state index in [1.165, 1.54) is 36.8 Å². The van der Waals surface area contributed by atoms with E-state index in [0.717, 1.165) is 31.3 Å². The van der Waals surface area contributed by atoms with Crippen molar-refractivity contribution < 1.29 is 6.22 Å². The van der Waals surface area contributed by atoms with Crippen LogP contribution in [0.4, 0.5) is 0 Å². The third kappa shape index (κ3) is 8.37. The molecule has 1 aromatic heterocycles. The standard InChI is InChI=1S/C21H31NO.C3H8N2.H2/c1-4-5-6-7-13-19-16-18-12-8-9-14-20(18)22(19)21(23)15-10-11-17(2)3;1-3-5-4-2;/h8-9,12,14,16-17H,4-7,10-11,13,15H2,1-3H3;3H2,1-2H3;1H. The third-order valence-electron chi connectivity index (χ3n) is 4.78. The number of nitrogens with zero attached hydrogens (tertiary/aromatic N) is 3. The molecule has 0 saturated heterocycles. The second-order valence-electron chi connectivity index (χ2n) is 7.68. The van der Waals surface area contributed by atoms with Crippen LogP contribution in [0.5, 0.6) is 0 Å². The first kappa shape index (κ1) is 24.1. The zero-order chi connectivity index (χ0) is 20.8. The molecule has 4 heteroatoms. The van der Waals surface area contributed by atoms with Gasteiger partial charge in [-0.05, 0) is 44.2 Å². The molecule has 0 amide bonds. The lowest BCUT2D eigenvalue weighted by Gasteiger charge is -2.10. The quantitative estimate of drug-likeness (QED) is 0.306. The van der Waals surface area contributed by atoms with Gasteiger partial charge in [-0.3, -0.25) is 9.36 Å². The Morgan fingerprint density at radius 3 is 2.46 bits per heavy atom. The van der Waals surface area contributed by atoms with Crippen molar-refractivity contribution in [3.05, 3.63) is 36.0 Å². The lowest BCUT2D eigenvalue weighted by atomic mass is 10.1. The van der Waals surface area contributed by atoms with Crippen molar-refractivity contribution in [2.45, 2.75) is 79.1 Å². The summed E-state index contributed by atoms with van der Waals surface area (Å²) < 4.78 is 1.99. The molecule has 0 atom stereocenters. The van der Waals surface area contributed by atoms with Crippen molar-refractivity contribution in [2.75, 3.05) is 13.6 Å². The number of rotatable bonds is 10. The Labute approximate surface area is 172 Å². The highest BCUT2D eigenvalue weighted by Gasteiger charge is 2.14. The van der Waals surface area contributed by atoms with Gasteiger partial charge in [0.05, 0.1) is 12.1 Å². The van der Waals surface area contributed by atoms with Crippen molar-refractivity contribution in [3.63, 3.8) is 0 Å². The van der Waals surface area contributed by atoms with Gasteiger partial charge in [-0.1, -0.05) is 64.7 Å². The van der Waals surface area contributed by atoms with E-state index in [2.05, 4.69) is 55.3 Å². The molecule has 0 aliphatic heterocycles. The summed E-state index contributed by atoms with van der Waals surface area (Å²) in [5, 5.41) is 8.27. The number of benzene rings is 1. The summed E-state index contributed by atoms with van der Waals surface area (Å²) in [5.41, 5.74) is 2.27. The topological polar surface area (TPSA) is 46.7 Å². The molecular weight excluding hydrogens is 346 g/mol. The highest BCUT2D eigenvalue weighted by atomic mass is 16.2. The van der Waals surface area contributed by atoms with E-state index < -0.39 is 0 Å². The van der Waals surface area contributed by atoms with Crippen LogP contribution in [0.2, 0.25) is 0 Å². The Kier molecular flexibility index (Phi) is 12.1. The Morgan fingerprint density at radius 2 is 1.86 bits per heavy atom. The number of carbonyl (C=O) groups excluding carboxylic acids is 1. The third-order valence-corrected chi connectivity index (χ3v) is 4.78. The molecule has 0 radical (unpaired) electrons. The lowest BCUT2D eigenvalue weighted by Crippen LogP contribution is -2.13. The van der Waals surface area contributed by atoms with Gasteiger partial charge < -0.3 is 0 Å². The number of para-hydroxylation sites is 1. The molecule has 0 aliphatic carbocycles. The number of aromatic nitrogens is 1. The van der Waals surface area contributed by atoms with Crippen molar-refractivity contribution in [3.8, 4) is 0 Å². The summed E-state index contributed by atoms with van der Waals surface area (Å²) in [6, 6.07) is 10.5. The summed E-state index contributed by atoms with van der Waals surface area (Å²) in [6.07, 6.45) is 8.71. The smallest absolute Gasteiger partial charge is 0.231 e. The monoisotopic (exact) mass is 387 g/mol. The van der Waals surface area contributed by atoms with Gasteiger partial charge in [0, 0.05) is 26.0 Å². The van der Waals surface area contributed by atoms with Crippen LogP contribution < -0.4 is 0 Å². The Morgan fingerprint density at radius 1 is 1.11 bits per heavy atom. The number of unbranched alkanes of at least 4 members (excludes halogenated alkanes) is 3. The molecule has 0 N–H and O–H groups in total. The van der Waals surface area contributed by atoms with Crippen molar-refractivity contribution in [1.82, 2.24) is 4.57 Å². The van der Waals surface area contributed by atoms with Crippen molar-refractivity contribution in [1.29, 1.82) is 0 Å². The molecule has 28 heavy (non-hydrogen) atoms. The number of azo groups is 1. The summed E-state index contributed by atoms with van der Waals surface area (Å²) in [4.78, 5) is 12.8. The van der Waals surface area contributed by atoms with E-state index in [4.69, 9.17) is 0 Å². The van der Waals surface area contributed by atoms with E-state index in [9.17, 15) is 4.79 Å². The minimum atomic E-state index is 0. The summed E-state index contributed by atoms with van der Waals surface area (Å²) in [5.74, 6) is 0.926. The fraction of sp³-hybridized carbons (Fsp3) is 0.625. The molecule has 1 aromatic carbocycles. The summed E-state index contributed by atoms with van der Waals surface area (Å²) >= 11 is 0. The molecular formula is C24H41N3O. The van der Waals surface area contributed by atoms with Crippen LogP contribution >= 0.6 is 0 Å². The first-order chi connectivity index (χ1) is 13.5. The Balaban J connectivity index is 0.00000117. The van der Waals surface area contributed by atoms with Crippen LogP contribution in [0, 0.1) is 5.92 Å². The first-order valence-corrected chi connectivity index (χ1v) is 10.9. The maximum absolute atomic E-state index is 12.8. The number of hydrogen-bond acceptors (Lipinski definition) is 3. The highest BCUT2D eigenvalue weighted by molar-refractivity contribution is 5.93. The van der Waals surface area contributed by atoms with Crippen LogP contribution in [0.25, 0.3) is 10.9 Å². The molecule has 0 fully saturated rings. The summed E-state index contributed by atoms with van der Waals surface area (Å²) in [6.45, 7) is 9.42. The normalized spacial score (nSPS) is 11.2. The molecule has 4 nitrogen and oxygen atoms in total. The zero-order valence-electron chi connectivity index (χ0n) is 18.6. The van der Waals surface area contributed by atoms with Crippen LogP contribution in [0.1, 0.15) is 84.6 Å². The number of fused-ring (bicyclic) bond motifs is 1. The Bertz CT molecular complexity index is 722. The second kappa shape index (κ2) is 14.1. The van der Waals surface area contributed by atoms with E-state index >= 15 is 0 Å². The number of carbonyl (C=O) groups is 1. The minimum absolute atomic E-state index is 0. The highest BCUT2D eigenvalue weighted by Crippen LogP contribution is 2.23. The Hall–Kier alpha value is -1.97. The lowest BCUT2D eigenvalue weighted by molar-refractivity contribution is 0.0900. The largest absolute Gasteiger partial charge is 0.284 e. The van der Waals surface area contributed by atoms with Crippen LogP contribution in [-0.2, 0) is 6.42 Å². The molecule has 2 aromatic rings. The van der Waals surface area contributed by atoms with Crippen molar-refractivity contribution in [2.24, 2.45) is 16.1 Å². The summed E-state index contributed by atoms with van der Waals surface area (Å²) in [7, 11) is 1.67. The zero-order valence-corrected chi connectivity index (χ0v) is 18.6. The minimum Gasteiger partial charge on any atom is -0.284 e. The molecule has 158 valence electrons. The number of hydrogen-bond donors (Lipinski definition) is 0. The fourth-order valence-corrected chi connectivity index (χ4v) is 3.34. The van der Waals surface area contributed by atoms with Gasteiger partial charge in [-0.15, -0.1) is 0 Å². The van der Waals surface area contributed by atoms with Gasteiger partial charge in [0.2, 0.25) is 5.91 Å². The maximum atomic E-state index is 12.8. The number of aryl methyl sites for hydroxylation is 1. The molecule has 0 saturated carbocycles. The van der Waals surface area contributed by atoms with E-state index in [1.54, 1.807) is 7.05 Å². The van der Waals surface area contributed by atoms with E-state index in [0.29, 0.717) is 12.3 Å². The van der Waals surface area contributed by atoms with Crippen LogP contribution in [-0.4, -0.2) is 24.1 Å². The predicted molar refractivity (Wildman–Crippen MR) is 123 cm³/mol. The van der Waals surface area contributed by atoms with E-state index in [1.807, 2.05) is 17.6 Å². The van der Waals surface area contributed by atoms with E-state index in [-0.39, 0.29) is 7.33 Å². The predicted octanol–water partition coefficient (Wildman–Crippen LogP) is 7.56. The van der Waals surface area contributed by atoms with Crippen molar-refractivity contribution >= 4 is 16.8 Å². The van der Waals surface area contributed by atoms with Gasteiger partial charge in [-0.2, -0.15) is 10.2 Å². The van der Waals surface area contributed by atoms with Gasteiger partial charge >= 0.3 is 0 Å². The second-order valence-corrected chi connectivity index (χ2v) is 7.68. The first-order valence-electron chi connectivity index (χ1n) is 10.9. The molecule has 0 aliphatic rings. The van der Waals surface area contributed by atoms with Gasteiger partial charge in [0.25, 0.3) is 0 Å². The molecule has 1 heterocycles. The molecule has 0 spiro atoms. The average molecular weight is 388 g/mol. The SMILES string of the molecule is CCCCCCc1cc2ccccc2n1C(=O)CCCC(C)C.CCN=NC.[HH].